The van der Waals surface area contributed by atoms with E-state index in [1.165, 1.54) is 5.56 Å². The number of aromatic nitrogens is 3. The number of nitrogens with zero attached hydrogens (tertiary/aromatic N) is 4. The molecule has 0 saturated carbocycles. The van der Waals surface area contributed by atoms with Crippen molar-refractivity contribution >= 4 is 17.2 Å². The largest absolute Gasteiger partial charge is 0.375 e. The highest BCUT2D eigenvalue weighted by molar-refractivity contribution is 7.09. The third-order valence-electron chi connectivity index (χ3n) is 4.87. The van der Waals surface area contributed by atoms with E-state index in [1.54, 1.807) is 18.4 Å². The molecule has 0 fully saturated rings. The smallest absolute Gasteiger partial charge is 0.248 e. The molecule has 0 spiro atoms. The van der Waals surface area contributed by atoms with Crippen LogP contribution in [-0.2, 0) is 22.6 Å². The Balaban J connectivity index is 1.68. The highest BCUT2D eigenvalue weighted by Crippen LogP contribution is 2.33. The SMILES string of the molecule is COCC(=O)N1Cc2ccccc2[C@H](c2nccn2Cc2csc(C)n2)C1. The van der Waals surface area contributed by atoms with E-state index in [1.807, 2.05) is 30.3 Å². The maximum Gasteiger partial charge on any atom is 0.248 e. The Morgan fingerprint density at radius 3 is 3.00 bits per heavy atom. The summed E-state index contributed by atoms with van der Waals surface area (Å²) >= 11 is 1.65. The summed E-state index contributed by atoms with van der Waals surface area (Å²) in [5, 5.41) is 3.15. The molecule has 3 heterocycles. The van der Waals surface area contributed by atoms with Crippen molar-refractivity contribution in [2.75, 3.05) is 20.3 Å². The zero-order valence-corrected chi connectivity index (χ0v) is 16.3. The fraction of sp³-hybridized carbons (Fsp3) is 0.350. The second kappa shape index (κ2) is 7.62. The number of carbonyl (C=O) groups is 1. The molecule has 4 rings (SSSR count). The van der Waals surface area contributed by atoms with Gasteiger partial charge in [0.05, 0.1) is 23.2 Å². The van der Waals surface area contributed by atoms with Crippen LogP contribution in [0.25, 0.3) is 0 Å². The number of hydrogen-bond acceptors (Lipinski definition) is 5. The van der Waals surface area contributed by atoms with Crippen LogP contribution in [0, 0.1) is 6.92 Å². The Morgan fingerprint density at radius 1 is 1.37 bits per heavy atom. The van der Waals surface area contributed by atoms with E-state index in [4.69, 9.17) is 4.74 Å². The number of amides is 1. The van der Waals surface area contributed by atoms with Crippen LogP contribution in [-0.4, -0.2) is 45.6 Å². The van der Waals surface area contributed by atoms with Gasteiger partial charge in [0.1, 0.15) is 12.4 Å². The first-order valence-corrected chi connectivity index (χ1v) is 9.80. The molecule has 0 radical (unpaired) electrons. The second-order valence-electron chi connectivity index (χ2n) is 6.73. The van der Waals surface area contributed by atoms with Crippen LogP contribution in [0.2, 0.25) is 0 Å². The molecule has 0 aliphatic carbocycles. The van der Waals surface area contributed by atoms with Crippen molar-refractivity contribution < 1.29 is 9.53 Å². The standard InChI is InChI=1S/C20H22N4O2S/c1-14-22-16(13-27-14)10-23-8-7-21-20(23)18-11-24(19(25)12-26-2)9-15-5-3-4-6-17(15)18/h3-8,13,18H,9-12H2,1-2H3/t18-/m1/s1. The van der Waals surface area contributed by atoms with Gasteiger partial charge in [-0.05, 0) is 18.1 Å². The molecule has 27 heavy (non-hydrogen) atoms. The van der Waals surface area contributed by atoms with E-state index in [-0.39, 0.29) is 18.4 Å². The second-order valence-corrected chi connectivity index (χ2v) is 7.79. The van der Waals surface area contributed by atoms with E-state index < -0.39 is 0 Å². The summed E-state index contributed by atoms with van der Waals surface area (Å²) in [7, 11) is 1.55. The lowest BCUT2D eigenvalue weighted by atomic mass is 9.89. The minimum absolute atomic E-state index is 0.00485. The number of benzene rings is 1. The first kappa shape index (κ1) is 17.9. The van der Waals surface area contributed by atoms with Crippen LogP contribution in [0.3, 0.4) is 0 Å². The summed E-state index contributed by atoms with van der Waals surface area (Å²) in [6, 6.07) is 8.30. The summed E-state index contributed by atoms with van der Waals surface area (Å²) in [5.41, 5.74) is 3.44. The van der Waals surface area contributed by atoms with Gasteiger partial charge in [0.15, 0.2) is 0 Å². The predicted molar refractivity (Wildman–Crippen MR) is 104 cm³/mol. The monoisotopic (exact) mass is 382 g/mol. The van der Waals surface area contributed by atoms with E-state index >= 15 is 0 Å². The molecular weight excluding hydrogens is 360 g/mol. The Morgan fingerprint density at radius 2 is 2.22 bits per heavy atom. The summed E-state index contributed by atoms with van der Waals surface area (Å²) in [6.45, 7) is 4.01. The lowest BCUT2D eigenvalue weighted by molar-refractivity contribution is -0.136. The lowest BCUT2D eigenvalue weighted by Crippen LogP contribution is -2.41. The quantitative estimate of drug-likeness (QED) is 0.681. The molecule has 0 saturated heterocycles. The lowest BCUT2D eigenvalue weighted by Gasteiger charge is -2.34. The van der Waals surface area contributed by atoms with Crippen molar-refractivity contribution in [3.63, 3.8) is 0 Å². The minimum Gasteiger partial charge on any atom is -0.375 e. The fourth-order valence-electron chi connectivity index (χ4n) is 3.65. The van der Waals surface area contributed by atoms with Crippen molar-refractivity contribution in [3.8, 4) is 0 Å². The molecule has 1 aliphatic rings. The van der Waals surface area contributed by atoms with Gasteiger partial charge in [-0.3, -0.25) is 4.79 Å². The highest BCUT2D eigenvalue weighted by atomic mass is 32.1. The number of carbonyl (C=O) groups excluding carboxylic acids is 1. The van der Waals surface area contributed by atoms with E-state index in [0.717, 1.165) is 22.1 Å². The van der Waals surface area contributed by atoms with Gasteiger partial charge in [-0.2, -0.15) is 0 Å². The average molecular weight is 382 g/mol. The van der Waals surface area contributed by atoms with E-state index in [9.17, 15) is 4.79 Å². The van der Waals surface area contributed by atoms with Crippen LogP contribution < -0.4 is 0 Å². The Kier molecular flexibility index (Phi) is 5.05. The third-order valence-corrected chi connectivity index (χ3v) is 5.70. The van der Waals surface area contributed by atoms with Gasteiger partial charge in [0.2, 0.25) is 5.91 Å². The molecule has 1 aromatic carbocycles. The van der Waals surface area contributed by atoms with Crippen molar-refractivity contribution in [2.24, 2.45) is 0 Å². The van der Waals surface area contributed by atoms with Crippen LogP contribution in [0.15, 0.2) is 42.0 Å². The van der Waals surface area contributed by atoms with Gasteiger partial charge >= 0.3 is 0 Å². The number of thiazole rings is 1. The first-order valence-electron chi connectivity index (χ1n) is 8.92. The molecule has 140 valence electrons. The molecule has 1 amide bonds. The summed E-state index contributed by atoms with van der Waals surface area (Å²) in [6.07, 6.45) is 3.82. The zero-order valence-electron chi connectivity index (χ0n) is 15.5. The fourth-order valence-corrected chi connectivity index (χ4v) is 4.26. The number of ether oxygens (including phenoxy) is 1. The van der Waals surface area contributed by atoms with E-state index in [0.29, 0.717) is 19.6 Å². The average Bonchev–Trinajstić information content (AvgIpc) is 3.30. The van der Waals surface area contributed by atoms with Gasteiger partial charge in [0, 0.05) is 38.0 Å². The van der Waals surface area contributed by atoms with Gasteiger partial charge in [-0.25, -0.2) is 9.97 Å². The van der Waals surface area contributed by atoms with Crippen molar-refractivity contribution in [1.82, 2.24) is 19.4 Å². The van der Waals surface area contributed by atoms with Crippen LogP contribution in [0.1, 0.15) is 33.6 Å². The Bertz CT molecular complexity index is 949. The molecule has 6 nitrogen and oxygen atoms in total. The number of imidazole rings is 1. The van der Waals surface area contributed by atoms with Gasteiger partial charge in [0.25, 0.3) is 0 Å². The summed E-state index contributed by atoms with van der Waals surface area (Å²) in [4.78, 5) is 23.6. The maximum atomic E-state index is 12.5. The Labute approximate surface area is 162 Å². The van der Waals surface area contributed by atoms with Gasteiger partial charge < -0.3 is 14.2 Å². The number of methoxy groups -OCH3 is 1. The van der Waals surface area contributed by atoms with Crippen molar-refractivity contribution in [2.45, 2.75) is 25.9 Å². The molecule has 0 N–H and O–H groups in total. The Hall–Kier alpha value is -2.51. The molecule has 7 heteroatoms. The zero-order chi connectivity index (χ0) is 18.8. The topological polar surface area (TPSA) is 60.2 Å². The minimum atomic E-state index is 0.00485. The van der Waals surface area contributed by atoms with Crippen LogP contribution in [0.4, 0.5) is 0 Å². The third kappa shape index (κ3) is 3.65. The van der Waals surface area contributed by atoms with Crippen molar-refractivity contribution in [3.05, 3.63) is 69.7 Å². The molecule has 2 aromatic heterocycles. The van der Waals surface area contributed by atoms with Crippen molar-refractivity contribution in [1.29, 1.82) is 0 Å². The molecule has 1 aliphatic heterocycles. The molecule has 1 atom stereocenters. The van der Waals surface area contributed by atoms with E-state index in [2.05, 4.69) is 38.1 Å². The molecule has 0 bridgehead atoms. The number of rotatable bonds is 5. The maximum absolute atomic E-state index is 12.5. The number of fused-ring (bicyclic) bond motifs is 1. The van der Waals surface area contributed by atoms with Gasteiger partial charge in [-0.15, -0.1) is 11.3 Å². The predicted octanol–water partition coefficient (Wildman–Crippen LogP) is 2.82. The summed E-state index contributed by atoms with van der Waals surface area (Å²) < 4.78 is 7.20. The normalized spacial score (nSPS) is 16.4. The number of aryl methyl sites for hydroxylation is 1. The molecule has 0 unspecified atom stereocenters. The molecular formula is C20H22N4O2S. The molecule has 3 aromatic rings. The first-order chi connectivity index (χ1) is 13.2. The van der Waals surface area contributed by atoms with Gasteiger partial charge in [-0.1, -0.05) is 24.3 Å². The summed E-state index contributed by atoms with van der Waals surface area (Å²) in [5.74, 6) is 0.999. The van der Waals surface area contributed by atoms with Crippen LogP contribution >= 0.6 is 11.3 Å². The number of hydrogen-bond donors (Lipinski definition) is 0. The van der Waals surface area contributed by atoms with Crippen LogP contribution in [0.5, 0.6) is 0 Å². The highest BCUT2D eigenvalue weighted by Gasteiger charge is 2.31.